The second-order valence-electron chi connectivity index (χ2n) is 16.1. The van der Waals surface area contributed by atoms with Crippen molar-refractivity contribution in [1.29, 1.82) is 0 Å². The number of unbranched alkanes of at least 4 members (excludes halogenated alkanes) is 22. The molecular weight excluding hydrogens is 840 g/mol. The molecule has 0 radical (unpaired) electrons. The Morgan fingerprint density at radius 3 is 1.41 bits per heavy atom. The fourth-order valence-electron chi connectivity index (χ4n) is 7.28. The standard InChI is InChI=1S/C32H63N2O3.C15H32O.W/c1-5-9-12-15-16-20-25-30(24-19-13-10-6-2)32(35)37-28-23-18-17-22-27-34(26-21-14-11-7-3)31(8-4)29-33-36;1-3-5-7-9-10-12-14-15(16)13-11-8-6-4-2;/h30-31H,3,5-29H2,1-2,4H3;15-16H,3-14H2,1-2H3;/q-1;;. The number of carbonyl (C=O) groups excluding carboxylic acids is 1. The summed E-state index contributed by atoms with van der Waals surface area (Å²) in [6, 6.07) is 0.263. The summed E-state index contributed by atoms with van der Waals surface area (Å²) in [5.74, 6) is 0.142. The van der Waals surface area contributed by atoms with E-state index in [2.05, 4.69) is 51.6 Å². The Kier molecular flexibility index (Phi) is 52.4. The zero-order valence-electron chi connectivity index (χ0n) is 37.1. The van der Waals surface area contributed by atoms with Crippen molar-refractivity contribution < 1.29 is 35.7 Å². The molecule has 0 rings (SSSR count). The Labute approximate surface area is 352 Å². The fourth-order valence-corrected chi connectivity index (χ4v) is 7.28. The summed E-state index contributed by atoms with van der Waals surface area (Å²) in [6.07, 6.45) is 39.4. The molecule has 6 nitrogen and oxygen atoms in total. The van der Waals surface area contributed by atoms with Crippen LogP contribution in [0.25, 0.3) is 0 Å². The SMILES string of the molecule is CCCCCCCCC(O)CCCCCC.[CH2-]CCCCCN(CCCCCCOC(=O)C(CCCCCC)CCCCCCCC)C(CC)CN=O.[W]. The van der Waals surface area contributed by atoms with Crippen LogP contribution in [-0.2, 0) is 30.6 Å². The second-order valence-corrected chi connectivity index (χ2v) is 16.1. The summed E-state index contributed by atoms with van der Waals surface area (Å²) in [5.41, 5.74) is 0. The van der Waals surface area contributed by atoms with E-state index in [1.54, 1.807) is 0 Å². The van der Waals surface area contributed by atoms with Crippen LogP contribution in [0, 0.1) is 17.7 Å². The molecule has 1 N–H and O–H groups in total. The second kappa shape index (κ2) is 48.8. The molecule has 324 valence electrons. The van der Waals surface area contributed by atoms with Crippen LogP contribution in [0.15, 0.2) is 5.18 Å². The first-order valence-corrected chi connectivity index (χ1v) is 23.6. The Balaban J connectivity index is -0.00000128. The summed E-state index contributed by atoms with van der Waals surface area (Å²) >= 11 is 0. The van der Waals surface area contributed by atoms with Gasteiger partial charge in [0.2, 0.25) is 0 Å². The number of hydrogen-bond donors (Lipinski definition) is 1. The van der Waals surface area contributed by atoms with Gasteiger partial charge in [-0.2, -0.15) is 11.3 Å². The first kappa shape index (κ1) is 58.0. The number of hydrogen-bond acceptors (Lipinski definition) is 6. The van der Waals surface area contributed by atoms with Gasteiger partial charge in [0.1, 0.15) is 0 Å². The van der Waals surface area contributed by atoms with Gasteiger partial charge >= 0.3 is 5.97 Å². The van der Waals surface area contributed by atoms with E-state index in [0.717, 1.165) is 90.1 Å². The number of aliphatic hydroxyl groups excluding tert-OH is 1. The van der Waals surface area contributed by atoms with E-state index in [0.29, 0.717) is 13.2 Å². The third kappa shape index (κ3) is 41.3. The molecule has 0 saturated heterocycles. The first-order valence-electron chi connectivity index (χ1n) is 23.6. The molecule has 0 aliphatic heterocycles. The maximum absolute atomic E-state index is 12.8. The molecule has 0 saturated carbocycles. The van der Waals surface area contributed by atoms with Crippen LogP contribution in [0.3, 0.4) is 0 Å². The van der Waals surface area contributed by atoms with Crippen molar-refractivity contribution >= 4 is 5.97 Å². The molecule has 0 amide bonds. The van der Waals surface area contributed by atoms with Crippen LogP contribution < -0.4 is 0 Å². The Morgan fingerprint density at radius 2 is 0.963 bits per heavy atom. The normalized spacial score (nSPS) is 12.8. The maximum Gasteiger partial charge on any atom is 0.308 e. The minimum Gasteiger partial charge on any atom is -0.465 e. The third-order valence-corrected chi connectivity index (χ3v) is 11.0. The number of carbonyl (C=O) groups is 1. The van der Waals surface area contributed by atoms with Crippen LogP contribution >= 0.6 is 0 Å². The van der Waals surface area contributed by atoms with E-state index >= 15 is 0 Å². The molecule has 0 aromatic heterocycles. The Hall–Kier alpha value is -0.322. The summed E-state index contributed by atoms with van der Waals surface area (Å²) in [5, 5.41) is 12.9. The topological polar surface area (TPSA) is 79.2 Å². The van der Waals surface area contributed by atoms with Crippen LogP contribution in [0.5, 0.6) is 0 Å². The molecule has 0 bridgehead atoms. The number of ether oxygens (including phenoxy) is 1. The van der Waals surface area contributed by atoms with Gasteiger partial charge in [-0.3, -0.25) is 9.69 Å². The van der Waals surface area contributed by atoms with Crippen LogP contribution in [0.4, 0.5) is 0 Å². The van der Waals surface area contributed by atoms with Crippen molar-refractivity contribution in [2.75, 3.05) is 26.2 Å². The van der Waals surface area contributed by atoms with Crippen LogP contribution in [-0.4, -0.2) is 54.4 Å². The number of rotatable bonds is 41. The van der Waals surface area contributed by atoms with Crippen molar-refractivity contribution in [3.63, 3.8) is 0 Å². The average molecular weight is 936 g/mol. The number of nitroso groups, excluding NO2 is 1. The molecular formula is C47H95N2O4W-. The van der Waals surface area contributed by atoms with Crippen LogP contribution in [0.1, 0.15) is 247 Å². The van der Waals surface area contributed by atoms with Crippen molar-refractivity contribution in [1.82, 2.24) is 4.90 Å². The smallest absolute Gasteiger partial charge is 0.308 e. The number of aliphatic hydroxyl groups is 1. The van der Waals surface area contributed by atoms with Gasteiger partial charge in [0.15, 0.2) is 0 Å². The van der Waals surface area contributed by atoms with Gasteiger partial charge in [-0.05, 0) is 64.5 Å². The molecule has 0 aromatic rings. The molecule has 3 atom stereocenters. The van der Waals surface area contributed by atoms with Gasteiger partial charge in [-0.15, -0.1) is 0 Å². The summed E-state index contributed by atoms with van der Waals surface area (Å²) in [7, 11) is 0. The molecule has 3 unspecified atom stereocenters. The molecule has 0 fully saturated rings. The molecule has 0 spiro atoms. The molecule has 0 aliphatic rings. The number of nitrogens with zero attached hydrogens (tertiary/aromatic N) is 2. The van der Waals surface area contributed by atoms with Gasteiger partial charge in [0.25, 0.3) is 0 Å². The van der Waals surface area contributed by atoms with Gasteiger partial charge in [0, 0.05) is 27.1 Å². The van der Waals surface area contributed by atoms with E-state index in [-0.39, 0.29) is 45.1 Å². The molecule has 0 aromatic carbocycles. The molecule has 0 heterocycles. The third-order valence-electron chi connectivity index (χ3n) is 11.0. The van der Waals surface area contributed by atoms with Crippen LogP contribution in [0.2, 0.25) is 0 Å². The van der Waals surface area contributed by atoms with Gasteiger partial charge in [0.05, 0.1) is 25.2 Å². The van der Waals surface area contributed by atoms with Gasteiger partial charge in [-0.25, -0.2) is 0 Å². The minimum absolute atomic E-state index is 0. The fraction of sp³-hybridized carbons (Fsp3) is 0.957. The predicted molar refractivity (Wildman–Crippen MR) is 233 cm³/mol. The van der Waals surface area contributed by atoms with Crippen molar-refractivity contribution in [3.05, 3.63) is 11.8 Å². The monoisotopic (exact) mass is 936 g/mol. The first-order chi connectivity index (χ1) is 25.9. The van der Waals surface area contributed by atoms with E-state index in [4.69, 9.17) is 4.74 Å². The van der Waals surface area contributed by atoms with E-state index in [9.17, 15) is 14.8 Å². The zero-order chi connectivity index (χ0) is 39.5. The van der Waals surface area contributed by atoms with Crippen molar-refractivity contribution in [2.45, 2.75) is 259 Å². The summed E-state index contributed by atoms with van der Waals surface area (Å²) < 4.78 is 5.75. The largest absolute Gasteiger partial charge is 0.465 e. The predicted octanol–water partition coefficient (Wildman–Crippen LogP) is 14.7. The van der Waals surface area contributed by atoms with E-state index < -0.39 is 0 Å². The quantitative estimate of drug-likeness (QED) is 0.0286. The Bertz CT molecular complexity index is 728. The molecule has 54 heavy (non-hydrogen) atoms. The Morgan fingerprint density at radius 1 is 0.574 bits per heavy atom. The molecule has 0 aliphatic carbocycles. The van der Waals surface area contributed by atoms with Gasteiger partial charge < -0.3 is 16.8 Å². The van der Waals surface area contributed by atoms with Gasteiger partial charge in [-0.1, -0.05) is 194 Å². The zero-order valence-corrected chi connectivity index (χ0v) is 40.0. The van der Waals surface area contributed by atoms with E-state index in [1.165, 1.54) is 135 Å². The summed E-state index contributed by atoms with van der Waals surface area (Å²) in [4.78, 5) is 26.1. The minimum atomic E-state index is -0.0250. The van der Waals surface area contributed by atoms with Crippen molar-refractivity contribution in [3.8, 4) is 0 Å². The molecule has 7 heteroatoms. The number of esters is 1. The van der Waals surface area contributed by atoms with E-state index in [1.807, 2.05) is 0 Å². The van der Waals surface area contributed by atoms with Crippen molar-refractivity contribution in [2.24, 2.45) is 11.1 Å². The maximum atomic E-state index is 12.8. The average Bonchev–Trinajstić information content (AvgIpc) is 3.16. The summed E-state index contributed by atoms with van der Waals surface area (Å²) in [6.45, 7) is 18.1.